The van der Waals surface area contributed by atoms with Gasteiger partial charge in [-0.2, -0.15) is 0 Å². The zero-order valence-corrected chi connectivity index (χ0v) is 14.0. The van der Waals surface area contributed by atoms with Crippen LogP contribution in [0.1, 0.15) is 46.0 Å². The lowest BCUT2D eigenvalue weighted by molar-refractivity contribution is -0.133. The van der Waals surface area contributed by atoms with E-state index in [4.69, 9.17) is 0 Å². The summed E-state index contributed by atoms with van der Waals surface area (Å²) in [6, 6.07) is 0. The first-order valence-corrected chi connectivity index (χ1v) is 8.95. The lowest BCUT2D eigenvalue weighted by Crippen LogP contribution is -2.49. The average Bonchev–Trinajstić information content (AvgIpc) is 2.54. The number of carbonyl (C=O) groups excluding carboxylic acids is 1. The van der Waals surface area contributed by atoms with E-state index < -0.39 is 0 Å². The van der Waals surface area contributed by atoms with Crippen LogP contribution in [0.5, 0.6) is 0 Å². The number of likely N-dealkylation sites (N-methyl/N-ethyl adjacent to an activating group) is 1. The molecule has 1 amide bonds. The van der Waals surface area contributed by atoms with Crippen molar-refractivity contribution < 1.29 is 4.79 Å². The third kappa shape index (κ3) is 5.26. The van der Waals surface area contributed by atoms with Gasteiger partial charge in [-0.1, -0.05) is 26.7 Å². The Bertz CT molecular complexity index is 305. The molecule has 0 unspecified atom stereocenters. The Morgan fingerprint density at radius 3 is 2.19 bits per heavy atom. The van der Waals surface area contributed by atoms with Gasteiger partial charge in [0.25, 0.3) is 0 Å². The molecule has 0 radical (unpaired) electrons. The van der Waals surface area contributed by atoms with E-state index in [1.807, 2.05) is 0 Å². The normalized spacial score (nSPS) is 22.7. The fourth-order valence-electron chi connectivity index (χ4n) is 3.63. The van der Waals surface area contributed by atoms with Crippen LogP contribution in [-0.2, 0) is 4.79 Å². The van der Waals surface area contributed by atoms with E-state index in [0.717, 1.165) is 45.2 Å². The Morgan fingerprint density at radius 2 is 1.62 bits per heavy atom. The van der Waals surface area contributed by atoms with E-state index in [2.05, 4.69) is 28.5 Å². The second kappa shape index (κ2) is 8.74. The van der Waals surface area contributed by atoms with Gasteiger partial charge in [-0.05, 0) is 38.4 Å². The molecule has 4 heteroatoms. The summed E-state index contributed by atoms with van der Waals surface area (Å²) in [6.45, 7) is 12.9. The maximum Gasteiger partial charge on any atom is 0.223 e. The second-order valence-electron chi connectivity index (χ2n) is 6.64. The minimum absolute atomic E-state index is 0.362. The van der Waals surface area contributed by atoms with Crippen LogP contribution >= 0.6 is 0 Å². The van der Waals surface area contributed by atoms with Crippen molar-refractivity contribution in [2.24, 2.45) is 5.92 Å². The highest BCUT2D eigenvalue weighted by atomic mass is 16.2. The van der Waals surface area contributed by atoms with E-state index in [0.29, 0.717) is 12.3 Å². The topological polar surface area (TPSA) is 26.8 Å². The first-order valence-electron chi connectivity index (χ1n) is 8.95. The summed E-state index contributed by atoms with van der Waals surface area (Å²) in [5.41, 5.74) is 0. The minimum Gasteiger partial charge on any atom is -0.340 e. The van der Waals surface area contributed by atoms with Gasteiger partial charge in [-0.25, -0.2) is 0 Å². The van der Waals surface area contributed by atoms with Crippen molar-refractivity contribution in [3.63, 3.8) is 0 Å². The third-order valence-corrected chi connectivity index (χ3v) is 5.22. The largest absolute Gasteiger partial charge is 0.340 e. The standard InChI is InChI=1S/C17H33N3O/c1-3-5-16-6-9-19(10-7-16)11-8-17(21)20-14-12-18(4-2)13-15-20/h16H,3-15H2,1-2H3. The summed E-state index contributed by atoms with van der Waals surface area (Å²) in [6.07, 6.45) is 6.07. The van der Waals surface area contributed by atoms with E-state index in [-0.39, 0.29) is 0 Å². The van der Waals surface area contributed by atoms with Crippen LogP contribution in [0.25, 0.3) is 0 Å². The van der Waals surface area contributed by atoms with Gasteiger partial charge in [0, 0.05) is 39.1 Å². The number of amides is 1. The third-order valence-electron chi connectivity index (χ3n) is 5.22. The highest BCUT2D eigenvalue weighted by Gasteiger charge is 2.22. The molecular formula is C17H33N3O. The van der Waals surface area contributed by atoms with Crippen molar-refractivity contribution in [2.75, 3.05) is 52.4 Å². The van der Waals surface area contributed by atoms with Crippen molar-refractivity contribution in [3.05, 3.63) is 0 Å². The Balaban J connectivity index is 1.61. The monoisotopic (exact) mass is 295 g/mol. The summed E-state index contributed by atoms with van der Waals surface area (Å²) in [4.78, 5) is 19.3. The highest BCUT2D eigenvalue weighted by Crippen LogP contribution is 2.21. The molecule has 0 aromatic carbocycles. The van der Waals surface area contributed by atoms with Crippen molar-refractivity contribution >= 4 is 5.91 Å². The first-order chi connectivity index (χ1) is 10.2. The van der Waals surface area contributed by atoms with Gasteiger partial charge >= 0.3 is 0 Å². The van der Waals surface area contributed by atoms with E-state index >= 15 is 0 Å². The van der Waals surface area contributed by atoms with Crippen LogP contribution in [0, 0.1) is 5.92 Å². The Hall–Kier alpha value is -0.610. The number of rotatable bonds is 6. The molecule has 0 aromatic heterocycles. The molecule has 21 heavy (non-hydrogen) atoms. The predicted molar refractivity (Wildman–Crippen MR) is 87.4 cm³/mol. The molecular weight excluding hydrogens is 262 g/mol. The maximum absolute atomic E-state index is 12.3. The molecule has 2 rings (SSSR count). The van der Waals surface area contributed by atoms with Crippen LogP contribution in [0.4, 0.5) is 0 Å². The molecule has 0 bridgehead atoms. The van der Waals surface area contributed by atoms with Gasteiger partial charge in [-0.3, -0.25) is 4.79 Å². The molecule has 0 atom stereocenters. The minimum atomic E-state index is 0.362. The molecule has 2 fully saturated rings. The van der Waals surface area contributed by atoms with Gasteiger partial charge < -0.3 is 14.7 Å². The van der Waals surface area contributed by atoms with Gasteiger partial charge in [0.15, 0.2) is 0 Å². The van der Waals surface area contributed by atoms with Crippen molar-refractivity contribution in [1.82, 2.24) is 14.7 Å². The number of hydrogen-bond acceptors (Lipinski definition) is 3. The molecule has 2 saturated heterocycles. The smallest absolute Gasteiger partial charge is 0.223 e. The Labute approximate surface area is 130 Å². The summed E-state index contributed by atoms with van der Waals surface area (Å²) >= 11 is 0. The van der Waals surface area contributed by atoms with Gasteiger partial charge in [0.05, 0.1) is 0 Å². The van der Waals surface area contributed by atoms with Crippen LogP contribution in [0.3, 0.4) is 0 Å². The van der Waals surface area contributed by atoms with Crippen LogP contribution in [0.15, 0.2) is 0 Å². The van der Waals surface area contributed by atoms with Crippen molar-refractivity contribution in [1.29, 1.82) is 0 Å². The molecule has 0 aromatic rings. The lowest BCUT2D eigenvalue weighted by Gasteiger charge is -2.35. The average molecular weight is 295 g/mol. The molecule has 0 spiro atoms. The van der Waals surface area contributed by atoms with E-state index in [9.17, 15) is 4.79 Å². The lowest BCUT2D eigenvalue weighted by atomic mass is 9.92. The first kappa shape index (κ1) is 16.8. The van der Waals surface area contributed by atoms with Crippen LogP contribution in [-0.4, -0.2) is 73.0 Å². The van der Waals surface area contributed by atoms with Crippen LogP contribution in [0.2, 0.25) is 0 Å². The Morgan fingerprint density at radius 1 is 0.952 bits per heavy atom. The quantitative estimate of drug-likeness (QED) is 0.750. The van der Waals surface area contributed by atoms with Crippen LogP contribution < -0.4 is 0 Å². The second-order valence-corrected chi connectivity index (χ2v) is 6.64. The van der Waals surface area contributed by atoms with E-state index in [1.54, 1.807) is 0 Å². The number of piperidine rings is 1. The van der Waals surface area contributed by atoms with Gasteiger partial charge in [0.2, 0.25) is 5.91 Å². The number of carbonyl (C=O) groups is 1. The maximum atomic E-state index is 12.3. The summed E-state index contributed by atoms with van der Waals surface area (Å²) in [5, 5.41) is 0. The molecule has 122 valence electrons. The van der Waals surface area contributed by atoms with Crippen molar-refractivity contribution in [2.45, 2.75) is 46.0 Å². The fourth-order valence-corrected chi connectivity index (χ4v) is 3.63. The zero-order chi connectivity index (χ0) is 15.1. The molecule has 0 aliphatic carbocycles. The molecule has 4 nitrogen and oxygen atoms in total. The number of piperazine rings is 1. The highest BCUT2D eigenvalue weighted by molar-refractivity contribution is 5.76. The van der Waals surface area contributed by atoms with Crippen molar-refractivity contribution in [3.8, 4) is 0 Å². The predicted octanol–water partition coefficient (Wildman–Crippen LogP) is 2.05. The number of likely N-dealkylation sites (tertiary alicyclic amines) is 1. The molecule has 2 heterocycles. The number of nitrogens with zero attached hydrogens (tertiary/aromatic N) is 3. The van der Waals surface area contributed by atoms with Gasteiger partial charge in [-0.15, -0.1) is 0 Å². The molecule has 0 saturated carbocycles. The molecule has 0 N–H and O–H groups in total. The SMILES string of the molecule is CCCC1CCN(CCC(=O)N2CCN(CC)CC2)CC1. The van der Waals surface area contributed by atoms with E-state index in [1.165, 1.54) is 38.8 Å². The van der Waals surface area contributed by atoms with Gasteiger partial charge in [0.1, 0.15) is 0 Å². The summed E-state index contributed by atoms with van der Waals surface area (Å²) < 4.78 is 0. The fraction of sp³-hybridized carbons (Fsp3) is 0.941. The summed E-state index contributed by atoms with van der Waals surface area (Å²) in [5.74, 6) is 1.30. The summed E-state index contributed by atoms with van der Waals surface area (Å²) in [7, 11) is 0. The zero-order valence-electron chi connectivity index (χ0n) is 14.0. The molecule has 2 aliphatic rings. The Kier molecular flexibility index (Phi) is 6.97. The molecule has 2 aliphatic heterocycles. The number of hydrogen-bond donors (Lipinski definition) is 0.